The van der Waals surface area contributed by atoms with E-state index in [1.807, 2.05) is 6.92 Å². The van der Waals surface area contributed by atoms with E-state index in [1.54, 1.807) is 82.3 Å². The molecule has 1 aromatic heterocycles. The summed E-state index contributed by atoms with van der Waals surface area (Å²) in [6.45, 7) is 7.30. The van der Waals surface area contributed by atoms with Gasteiger partial charge >= 0.3 is 12.1 Å². The molecule has 4 rings (SSSR count). The monoisotopic (exact) mass is 594 g/mol. The van der Waals surface area contributed by atoms with E-state index in [2.05, 4.69) is 21.1 Å². The SMILES string of the molecule is COc1ccc(NC(=O)Nc2cccc3c2O[C@@H](CN(C)C(=O)Nc2c(C)noc2C)[C@@H](C)CN([C@H](C)CO)C3=O)cc1. The number of amides is 5. The van der Waals surface area contributed by atoms with E-state index in [0.29, 0.717) is 28.6 Å². The van der Waals surface area contributed by atoms with Gasteiger partial charge in [0.25, 0.3) is 5.91 Å². The quantitative estimate of drug-likeness (QED) is 0.300. The molecule has 3 aromatic rings. The predicted octanol–water partition coefficient (Wildman–Crippen LogP) is 4.33. The van der Waals surface area contributed by atoms with Gasteiger partial charge in [-0.15, -0.1) is 0 Å². The standard InChI is InChI=1S/C30H38N6O7/c1-17-14-36(18(2)16-37)28(38)23-8-7-9-24(32-29(39)31-21-10-12-22(41-6)13-11-21)27(23)42-25(17)15-35(5)30(40)33-26-19(3)34-43-20(26)4/h7-13,17-18,25,37H,14-16H2,1-6H3,(H,33,40)(H2,31,32,39)/t17-,18+,25-/m0/s1. The number of carbonyl (C=O) groups is 3. The van der Waals surface area contributed by atoms with Crippen LogP contribution in [0.1, 0.15) is 35.7 Å². The van der Waals surface area contributed by atoms with E-state index in [-0.39, 0.29) is 48.5 Å². The Morgan fingerprint density at radius 1 is 1.16 bits per heavy atom. The highest BCUT2D eigenvalue weighted by Gasteiger charge is 2.35. The Hall–Kier alpha value is -4.78. The van der Waals surface area contributed by atoms with Crippen LogP contribution in [0, 0.1) is 19.8 Å². The second-order valence-electron chi connectivity index (χ2n) is 10.6. The Bertz CT molecular complexity index is 1440. The molecule has 0 aliphatic carbocycles. The highest BCUT2D eigenvalue weighted by Crippen LogP contribution is 2.35. The van der Waals surface area contributed by atoms with Crippen molar-refractivity contribution in [3.63, 3.8) is 0 Å². The van der Waals surface area contributed by atoms with Crippen LogP contribution in [0.3, 0.4) is 0 Å². The zero-order valence-electron chi connectivity index (χ0n) is 25.1. The second-order valence-corrected chi connectivity index (χ2v) is 10.6. The normalized spacial score (nSPS) is 17.1. The zero-order valence-corrected chi connectivity index (χ0v) is 25.1. The highest BCUT2D eigenvalue weighted by atomic mass is 16.5. The average Bonchev–Trinajstić information content (AvgIpc) is 3.31. The summed E-state index contributed by atoms with van der Waals surface area (Å²) < 4.78 is 16.8. The maximum atomic E-state index is 13.7. The molecule has 4 N–H and O–H groups in total. The number of aryl methyl sites for hydroxylation is 2. The highest BCUT2D eigenvalue weighted by molar-refractivity contribution is 6.04. The number of benzene rings is 2. The van der Waals surface area contributed by atoms with Crippen LogP contribution in [0.25, 0.3) is 0 Å². The number of likely N-dealkylation sites (N-methyl/N-ethyl adjacent to an activating group) is 1. The fourth-order valence-electron chi connectivity index (χ4n) is 4.74. The van der Waals surface area contributed by atoms with Gasteiger partial charge in [-0.2, -0.15) is 0 Å². The predicted molar refractivity (Wildman–Crippen MR) is 161 cm³/mol. The molecule has 0 radical (unpaired) electrons. The number of rotatable bonds is 8. The maximum Gasteiger partial charge on any atom is 0.323 e. The lowest BCUT2D eigenvalue weighted by Crippen LogP contribution is -2.50. The van der Waals surface area contributed by atoms with Gasteiger partial charge in [0.15, 0.2) is 11.5 Å². The van der Waals surface area contributed by atoms with Crippen LogP contribution in [-0.4, -0.2) is 84.0 Å². The number of fused-ring (bicyclic) bond motifs is 1. The number of para-hydroxylation sites is 1. The molecule has 0 saturated heterocycles. The van der Waals surface area contributed by atoms with E-state index in [4.69, 9.17) is 14.0 Å². The summed E-state index contributed by atoms with van der Waals surface area (Å²) in [5.41, 5.74) is 2.09. The number of aliphatic hydroxyl groups excluding tert-OH is 1. The van der Waals surface area contributed by atoms with Crippen molar-refractivity contribution in [2.75, 3.05) is 49.8 Å². The molecule has 2 aromatic carbocycles. The smallest absolute Gasteiger partial charge is 0.323 e. The average molecular weight is 595 g/mol. The number of urea groups is 2. The fourth-order valence-corrected chi connectivity index (χ4v) is 4.74. The molecule has 230 valence electrons. The van der Waals surface area contributed by atoms with Crippen molar-refractivity contribution < 1.29 is 33.5 Å². The fraction of sp³-hybridized carbons (Fsp3) is 0.400. The number of aromatic nitrogens is 1. The molecule has 0 fully saturated rings. The zero-order chi connectivity index (χ0) is 31.3. The van der Waals surface area contributed by atoms with Gasteiger partial charge in [-0.1, -0.05) is 18.1 Å². The molecular formula is C30H38N6O7. The summed E-state index contributed by atoms with van der Waals surface area (Å²) in [6, 6.07) is 10.3. The first-order valence-corrected chi connectivity index (χ1v) is 13.9. The summed E-state index contributed by atoms with van der Waals surface area (Å²) in [4.78, 5) is 42.9. The molecule has 1 aliphatic heterocycles. The van der Waals surface area contributed by atoms with Crippen molar-refractivity contribution in [2.24, 2.45) is 5.92 Å². The summed E-state index contributed by atoms with van der Waals surface area (Å²) >= 11 is 0. The molecule has 1 aliphatic rings. The molecule has 13 heteroatoms. The number of carbonyl (C=O) groups excluding carboxylic acids is 3. The molecule has 3 atom stereocenters. The number of hydrogen-bond donors (Lipinski definition) is 4. The Morgan fingerprint density at radius 2 is 1.88 bits per heavy atom. The number of ether oxygens (including phenoxy) is 2. The Balaban J connectivity index is 1.61. The minimum atomic E-state index is -0.590. The lowest BCUT2D eigenvalue weighted by atomic mass is 9.99. The van der Waals surface area contributed by atoms with Gasteiger partial charge < -0.3 is 44.9 Å². The van der Waals surface area contributed by atoms with Crippen molar-refractivity contribution in [1.82, 2.24) is 15.0 Å². The molecule has 0 unspecified atom stereocenters. The van der Waals surface area contributed by atoms with Crippen molar-refractivity contribution >= 4 is 35.0 Å². The van der Waals surface area contributed by atoms with Crippen molar-refractivity contribution in [3.8, 4) is 11.5 Å². The third kappa shape index (κ3) is 7.17. The molecule has 0 spiro atoms. The first-order chi connectivity index (χ1) is 20.5. The lowest BCUT2D eigenvalue weighted by molar-refractivity contribution is 0.0373. The molecular weight excluding hydrogens is 556 g/mol. The van der Waals surface area contributed by atoms with Crippen LogP contribution in [0.15, 0.2) is 47.0 Å². The molecule has 13 nitrogen and oxygen atoms in total. The number of nitrogens with zero attached hydrogens (tertiary/aromatic N) is 3. The lowest BCUT2D eigenvalue weighted by Gasteiger charge is -2.38. The minimum absolute atomic E-state index is 0.151. The van der Waals surface area contributed by atoms with E-state index < -0.39 is 24.2 Å². The molecule has 43 heavy (non-hydrogen) atoms. The Morgan fingerprint density at radius 3 is 2.51 bits per heavy atom. The van der Waals surface area contributed by atoms with Crippen molar-refractivity contribution in [3.05, 3.63) is 59.5 Å². The molecule has 2 heterocycles. The van der Waals surface area contributed by atoms with E-state index in [1.165, 1.54) is 4.90 Å². The van der Waals surface area contributed by atoms with Crippen LogP contribution >= 0.6 is 0 Å². The van der Waals surface area contributed by atoms with E-state index in [9.17, 15) is 19.5 Å². The van der Waals surface area contributed by atoms with Gasteiger partial charge in [0.1, 0.15) is 23.2 Å². The molecule has 0 bridgehead atoms. The first-order valence-electron chi connectivity index (χ1n) is 13.9. The van der Waals surface area contributed by atoms with Gasteiger partial charge in [-0.25, -0.2) is 9.59 Å². The summed E-state index contributed by atoms with van der Waals surface area (Å²) in [6.07, 6.45) is -0.590. The number of methoxy groups -OCH3 is 1. The number of anilines is 3. The largest absolute Gasteiger partial charge is 0.497 e. The molecule has 5 amide bonds. The van der Waals surface area contributed by atoms with Gasteiger partial charge in [0.05, 0.1) is 37.6 Å². The van der Waals surface area contributed by atoms with Crippen LogP contribution in [0.2, 0.25) is 0 Å². The van der Waals surface area contributed by atoms with Gasteiger partial charge in [-0.3, -0.25) is 4.79 Å². The number of aliphatic hydroxyl groups is 1. The van der Waals surface area contributed by atoms with Crippen LogP contribution < -0.4 is 25.4 Å². The summed E-state index contributed by atoms with van der Waals surface area (Å²) in [7, 11) is 3.19. The van der Waals surface area contributed by atoms with Crippen molar-refractivity contribution in [2.45, 2.75) is 39.8 Å². The third-order valence-corrected chi connectivity index (χ3v) is 7.35. The van der Waals surface area contributed by atoms with Crippen LogP contribution in [-0.2, 0) is 0 Å². The van der Waals surface area contributed by atoms with Gasteiger partial charge in [0.2, 0.25) is 0 Å². The third-order valence-electron chi connectivity index (χ3n) is 7.35. The molecule has 0 saturated carbocycles. The minimum Gasteiger partial charge on any atom is -0.497 e. The van der Waals surface area contributed by atoms with Gasteiger partial charge in [0, 0.05) is 25.2 Å². The van der Waals surface area contributed by atoms with Crippen LogP contribution in [0.4, 0.5) is 26.7 Å². The van der Waals surface area contributed by atoms with E-state index in [0.717, 1.165) is 0 Å². The van der Waals surface area contributed by atoms with Gasteiger partial charge in [-0.05, 0) is 57.2 Å². The van der Waals surface area contributed by atoms with Crippen LogP contribution in [0.5, 0.6) is 11.5 Å². The summed E-state index contributed by atoms with van der Waals surface area (Å²) in [5.74, 6) is 0.699. The maximum absolute atomic E-state index is 13.7. The number of hydrogen-bond acceptors (Lipinski definition) is 8. The van der Waals surface area contributed by atoms with E-state index >= 15 is 0 Å². The Labute approximate surface area is 250 Å². The van der Waals surface area contributed by atoms with Crippen molar-refractivity contribution in [1.29, 1.82) is 0 Å². The second kappa shape index (κ2) is 13.5. The number of nitrogens with one attached hydrogen (secondary N) is 3. The summed E-state index contributed by atoms with van der Waals surface area (Å²) in [5, 5.41) is 22.2. The first kappa shape index (κ1) is 31.2. The Kier molecular flexibility index (Phi) is 9.76. The topological polar surface area (TPSA) is 158 Å².